The van der Waals surface area contributed by atoms with Crippen LogP contribution in [-0.4, -0.2) is 36.8 Å². The van der Waals surface area contributed by atoms with E-state index >= 15 is 0 Å². The van der Waals surface area contributed by atoms with Crippen molar-refractivity contribution < 1.29 is 13.2 Å². The summed E-state index contributed by atoms with van der Waals surface area (Å²) in [7, 11) is 0. The highest BCUT2D eigenvalue weighted by Gasteiger charge is 2.46. The van der Waals surface area contributed by atoms with Crippen molar-refractivity contribution in [1.82, 2.24) is 24.5 Å². The zero-order chi connectivity index (χ0) is 20.1. The molecule has 0 amide bonds. The van der Waals surface area contributed by atoms with Crippen molar-refractivity contribution in [3.8, 4) is 11.4 Å². The molecule has 0 unspecified atom stereocenters. The third-order valence-corrected chi connectivity index (χ3v) is 5.33. The second-order valence-electron chi connectivity index (χ2n) is 7.00. The number of aromatic amines is 1. The molecule has 2 aromatic heterocycles. The first-order valence-electron chi connectivity index (χ1n) is 8.90. The van der Waals surface area contributed by atoms with E-state index in [0.29, 0.717) is 22.0 Å². The first-order chi connectivity index (χ1) is 13.3. The molecular formula is C18H19F3N6S. The number of fused-ring (bicyclic) bond motifs is 1. The molecule has 4 rings (SSSR count). The minimum atomic E-state index is -4.38. The van der Waals surface area contributed by atoms with E-state index in [2.05, 4.69) is 20.6 Å². The smallest absolute Gasteiger partial charge is 0.367 e. The van der Waals surface area contributed by atoms with Gasteiger partial charge in [-0.3, -0.25) is 9.67 Å². The van der Waals surface area contributed by atoms with Crippen LogP contribution in [0.3, 0.4) is 0 Å². The molecule has 10 heteroatoms. The summed E-state index contributed by atoms with van der Waals surface area (Å²) in [5, 5.41) is 14.2. The van der Waals surface area contributed by atoms with Crippen LogP contribution in [0.15, 0.2) is 36.5 Å². The Hall–Kier alpha value is -2.62. The number of alkyl halides is 3. The van der Waals surface area contributed by atoms with E-state index in [9.17, 15) is 13.2 Å². The SMILES string of the molecule is C[C@@H]1C[C@@H](C(F)(F)F)n2ncc(-c3n[nH]c(=S)n3[C@@H](C)c3ccccc3)c2N1. The molecule has 0 spiro atoms. The van der Waals surface area contributed by atoms with Crippen molar-refractivity contribution in [2.24, 2.45) is 0 Å². The average molecular weight is 408 g/mol. The maximum absolute atomic E-state index is 13.5. The average Bonchev–Trinajstić information content (AvgIpc) is 3.23. The van der Waals surface area contributed by atoms with Crippen molar-refractivity contribution in [3.05, 3.63) is 46.9 Å². The number of hydrogen-bond donors (Lipinski definition) is 2. The number of hydrogen-bond acceptors (Lipinski definition) is 4. The zero-order valence-electron chi connectivity index (χ0n) is 15.2. The number of anilines is 1. The van der Waals surface area contributed by atoms with Crippen LogP contribution in [-0.2, 0) is 0 Å². The van der Waals surface area contributed by atoms with Gasteiger partial charge in [0.05, 0.1) is 17.8 Å². The van der Waals surface area contributed by atoms with Crippen LogP contribution >= 0.6 is 12.2 Å². The van der Waals surface area contributed by atoms with E-state index in [1.165, 1.54) is 6.20 Å². The van der Waals surface area contributed by atoms with Crippen LogP contribution in [0.25, 0.3) is 11.4 Å². The molecule has 1 aliphatic rings. The Bertz CT molecular complexity index is 1040. The lowest BCUT2D eigenvalue weighted by molar-refractivity contribution is -0.173. The highest BCUT2D eigenvalue weighted by atomic mass is 32.1. The van der Waals surface area contributed by atoms with Crippen molar-refractivity contribution in [2.45, 2.75) is 44.6 Å². The molecule has 0 radical (unpaired) electrons. The van der Waals surface area contributed by atoms with Gasteiger partial charge in [0.25, 0.3) is 0 Å². The van der Waals surface area contributed by atoms with Crippen LogP contribution < -0.4 is 5.32 Å². The largest absolute Gasteiger partial charge is 0.410 e. The Morgan fingerprint density at radius 2 is 1.96 bits per heavy atom. The summed E-state index contributed by atoms with van der Waals surface area (Å²) in [4.78, 5) is 0. The molecule has 2 N–H and O–H groups in total. The molecule has 1 aromatic carbocycles. The summed E-state index contributed by atoms with van der Waals surface area (Å²) < 4.78 is 43.7. The predicted molar refractivity (Wildman–Crippen MR) is 102 cm³/mol. The first-order valence-corrected chi connectivity index (χ1v) is 9.31. The number of benzene rings is 1. The van der Waals surface area contributed by atoms with Gasteiger partial charge in [-0.15, -0.1) is 0 Å². The van der Waals surface area contributed by atoms with E-state index < -0.39 is 12.2 Å². The van der Waals surface area contributed by atoms with Crippen molar-refractivity contribution >= 4 is 18.0 Å². The fourth-order valence-corrected chi connectivity index (χ4v) is 3.93. The monoisotopic (exact) mass is 408 g/mol. The predicted octanol–water partition coefficient (Wildman–Crippen LogP) is 4.72. The Labute approximate surface area is 164 Å². The second kappa shape index (κ2) is 6.77. The lowest BCUT2D eigenvalue weighted by atomic mass is 10.0. The molecule has 0 saturated heterocycles. The van der Waals surface area contributed by atoms with Crippen LogP contribution in [0.1, 0.15) is 37.9 Å². The Balaban J connectivity index is 1.83. The summed E-state index contributed by atoms with van der Waals surface area (Å²) in [5.41, 5.74) is 1.49. The third kappa shape index (κ3) is 3.11. The van der Waals surface area contributed by atoms with E-state index in [4.69, 9.17) is 12.2 Å². The molecule has 148 valence electrons. The van der Waals surface area contributed by atoms with Gasteiger partial charge in [0.2, 0.25) is 0 Å². The number of nitrogens with one attached hydrogen (secondary N) is 2. The summed E-state index contributed by atoms with van der Waals surface area (Å²) in [6.45, 7) is 3.69. The van der Waals surface area contributed by atoms with E-state index in [1.807, 2.05) is 37.3 Å². The summed E-state index contributed by atoms with van der Waals surface area (Å²) in [5.74, 6) is 0.752. The topological polar surface area (TPSA) is 63.5 Å². The van der Waals surface area contributed by atoms with Gasteiger partial charge in [0.1, 0.15) is 5.82 Å². The number of aromatic nitrogens is 5. The zero-order valence-corrected chi connectivity index (χ0v) is 16.1. The van der Waals surface area contributed by atoms with Gasteiger partial charge >= 0.3 is 6.18 Å². The molecular weight excluding hydrogens is 389 g/mol. The number of nitrogens with zero attached hydrogens (tertiary/aromatic N) is 4. The minimum Gasteiger partial charge on any atom is -0.367 e. The Kier molecular flexibility index (Phi) is 4.53. The normalized spacial score (nSPS) is 20.5. The number of halogens is 3. The lowest BCUT2D eigenvalue weighted by Crippen LogP contribution is -2.38. The van der Waals surface area contributed by atoms with Gasteiger partial charge in [-0.25, -0.2) is 4.68 Å². The summed E-state index contributed by atoms with van der Waals surface area (Å²) in [6, 6.07) is 7.53. The minimum absolute atomic E-state index is 0.0785. The Morgan fingerprint density at radius 3 is 2.64 bits per heavy atom. The molecule has 6 nitrogen and oxygen atoms in total. The highest BCUT2D eigenvalue weighted by molar-refractivity contribution is 7.71. The highest BCUT2D eigenvalue weighted by Crippen LogP contribution is 2.42. The molecule has 3 heterocycles. The maximum Gasteiger partial charge on any atom is 0.410 e. The van der Waals surface area contributed by atoms with Crippen LogP contribution in [0.5, 0.6) is 0 Å². The van der Waals surface area contributed by atoms with Gasteiger partial charge in [-0.2, -0.15) is 23.4 Å². The fraction of sp³-hybridized carbons (Fsp3) is 0.389. The molecule has 1 aliphatic heterocycles. The van der Waals surface area contributed by atoms with Crippen LogP contribution in [0.2, 0.25) is 0 Å². The maximum atomic E-state index is 13.5. The standard InChI is InChI=1S/C18H19F3N6S/c1-10-8-14(18(19,20)21)27-15(23-10)13(9-22-27)16-24-25-17(28)26(16)11(2)12-6-4-3-5-7-12/h3-7,9-11,14,23H,8H2,1-2H3,(H,25,28)/t10-,11+,14+/m1/s1. The number of H-pyrrole nitrogens is 1. The van der Waals surface area contributed by atoms with Crippen LogP contribution in [0.4, 0.5) is 19.0 Å². The first kappa shape index (κ1) is 18.7. The summed E-state index contributed by atoms with van der Waals surface area (Å²) >= 11 is 5.40. The molecule has 0 saturated carbocycles. The van der Waals surface area contributed by atoms with Gasteiger partial charge in [-0.05, 0) is 38.0 Å². The lowest BCUT2D eigenvalue weighted by Gasteiger charge is -2.32. The van der Waals surface area contributed by atoms with Crippen molar-refractivity contribution in [2.75, 3.05) is 5.32 Å². The molecule has 3 atom stereocenters. The molecule has 0 fully saturated rings. The molecule has 0 aliphatic carbocycles. The molecule has 0 bridgehead atoms. The van der Waals surface area contributed by atoms with E-state index in [0.717, 1.165) is 10.2 Å². The fourth-order valence-electron chi connectivity index (χ4n) is 3.64. The van der Waals surface area contributed by atoms with Crippen molar-refractivity contribution in [3.63, 3.8) is 0 Å². The van der Waals surface area contributed by atoms with Gasteiger partial charge in [0, 0.05) is 6.04 Å². The quantitative estimate of drug-likeness (QED) is 0.616. The van der Waals surface area contributed by atoms with Crippen molar-refractivity contribution in [1.29, 1.82) is 0 Å². The Morgan fingerprint density at radius 1 is 1.25 bits per heavy atom. The third-order valence-electron chi connectivity index (χ3n) is 5.04. The molecule has 28 heavy (non-hydrogen) atoms. The van der Waals surface area contributed by atoms with E-state index in [-0.39, 0.29) is 18.5 Å². The van der Waals surface area contributed by atoms with Gasteiger partial charge in [0.15, 0.2) is 16.6 Å². The van der Waals surface area contributed by atoms with E-state index in [1.54, 1.807) is 11.5 Å². The molecule has 3 aromatic rings. The second-order valence-corrected chi connectivity index (χ2v) is 7.39. The number of rotatable bonds is 3. The van der Waals surface area contributed by atoms with Crippen LogP contribution in [0, 0.1) is 4.77 Å². The van der Waals surface area contributed by atoms with Gasteiger partial charge < -0.3 is 5.32 Å². The summed E-state index contributed by atoms with van der Waals surface area (Å²) in [6.07, 6.45) is -3.04. The van der Waals surface area contributed by atoms with Gasteiger partial charge in [-0.1, -0.05) is 30.3 Å².